The molecule has 0 N–H and O–H groups in total. The van der Waals surface area contributed by atoms with E-state index in [4.69, 9.17) is 0 Å². The molecule has 0 bridgehead atoms. The molecule has 19 heavy (non-hydrogen) atoms. The number of aromatic nitrogens is 4. The van der Waals surface area contributed by atoms with Crippen molar-refractivity contribution in [1.82, 2.24) is 19.5 Å². The molecule has 0 fully saturated rings. The van der Waals surface area contributed by atoms with Gasteiger partial charge >= 0.3 is 5.97 Å². The molecular formula is C13H10N4O2. The quantitative estimate of drug-likeness (QED) is 0.650. The Kier molecular flexibility index (Phi) is 2.68. The predicted molar refractivity (Wildman–Crippen MR) is 68.0 cm³/mol. The Morgan fingerprint density at radius 2 is 2.05 bits per heavy atom. The lowest BCUT2D eigenvalue weighted by molar-refractivity contribution is 0.0594. The molecule has 94 valence electrons. The molecule has 0 aliphatic heterocycles. The van der Waals surface area contributed by atoms with Gasteiger partial charge in [-0.2, -0.15) is 0 Å². The highest BCUT2D eigenvalue weighted by atomic mass is 16.5. The zero-order valence-electron chi connectivity index (χ0n) is 10.1. The fraction of sp³-hybridized carbons (Fsp3) is 0.0769. The maximum absolute atomic E-state index is 11.4. The summed E-state index contributed by atoms with van der Waals surface area (Å²) in [6.07, 6.45) is 4.59. The molecular weight excluding hydrogens is 244 g/mol. The molecule has 1 aromatic carbocycles. The molecule has 6 heteroatoms. The second kappa shape index (κ2) is 4.49. The Balaban J connectivity index is 2.14. The Morgan fingerprint density at radius 1 is 1.21 bits per heavy atom. The van der Waals surface area contributed by atoms with Crippen LogP contribution in [0.25, 0.3) is 16.7 Å². The maximum Gasteiger partial charge on any atom is 0.358 e. The van der Waals surface area contributed by atoms with E-state index in [-0.39, 0.29) is 5.69 Å². The Hall–Kier alpha value is -2.76. The van der Waals surface area contributed by atoms with E-state index in [2.05, 4.69) is 19.7 Å². The molecule has 0 unspecified atom stereocenters. The van der Waals surface area contributed by atoms with Gasteiger partial charge in [0.25, 0.3) is 0 Å². The number of imidazole rings is 1. The first-order chi connectivity index (χ1) is 9.29. The molecule has 0 aliphatic rings. The summed E-state index contributed by atoms with van der Waals surface area (Å²) in [5, 5.41) is 0.888. The first kappa shape index (κ1) is 11.3. The average molecular weight is 254 g/mol. The van der Waals surface area contributed by atoms with Crippen LogP contribution in [0.5, 0.6) is 0 Å². The lowest BCUT2D eigenvalue weighted by Crippen LogP contribution is -2.01. The molecule has 0 saturated heterocycles. The number of methoxy groups -OCH3 is 1. The normalized spacial score (nSPS) is 10.6. The summed E-state index contributed by atoms with van der Waals surface area (Å²) in [5.41, 5.74) is 1.08. The third kappa shape index (κ3) is 1.93. The van der Waals surface area contributed by atoms with Gasteiger partial charge in [0.05, 0.1) is 12.6 Å². The number of para-hydroxylation sites is 1. The lowest BCUT2D eigenvalue weighted by atomic mass is 10.2. The van der Waals surface area contributed by atoms with Crippen molar-refractivity contribution in [2.45, 2.75) is 0 Å². The number of carbonyl (C=O) groups is 1. The van der Waals surface area contributed by atoms with Crippen molar-refractivity contribution in [2.75, 3.05) is 7.11 Å². The number of rotatable bonds is 2. The smallest absolute Gasteiger partial charge is 0.358 e. The molecule has 0 amide bonds. The zero-order valence-corrected chi connectivity index (χ0v) is 10.1. The van der Waals surface area contributed by atoms with Crippen molar-refractivity contribution < 1.29 is 9.53 Å². The summed E-state index contributed by atoms with van der Waals surface area (Å²) in [6, 6.07) is 7.64. The number of hydrogen-bond acceptors (Lipinski definition) is 5. The second-order valence-corrected chi connectivity index (χ2v) is 3.87. The van der Waals surface area contributed by atoms with E-state index < -0.39 is 5.97 Å². The number of ether oxygens (including phenoxy) is 1. The topological polar surface area (TPSA) is 69.9 Å². The molecule has 0 spiro atoms. The molecule has 0 saturated carbocycles. The van der Waals surface area contributed by atoms with Crippen LogP contribution in [-0.2, 0) is 4.74 Å². The van der Waals surface area contributed by atoms with Crippen molar-refractivity contribution in [3.8, 4) is 5.82 Å². The van der Waals surface area contributed by atoms with Crippen molar-refractivity contribution in [1.29, 1.82) is 0 Å². The van der Waals surface area contributed by atoms with Crippen LogP contribution in [0.1, 0.15) is 10.5 Å². The van der Waals surface area contributed by atoms with Gasteiger partial charge in [-0.15, -0.1) is 0 Å². The van der Waals surface area contributed by atoms with Gasteiger partial charge in [-0.05, 0) is 12.1 Å². The molecule has 0 aliphatic carbocycles. The summed E-state index contributed by atoms with van der Waals surface area (Å²) < 4.78 is 6.30. The van der Waals surface area contributed by atoms with Gasteiger partial charge in [-0.1, -0.05) is 12.1 Å². The lowest BCUT2D eigenvalue weighted by Gasteiger charge is -2.04. The zero-order chi connectivity index (χ0) is 13.2. The Bertz CT molecular complexity index is 746. The molecule has 0 radical (unpaired) electrons. The van der Waals surface area contributed by atoms with Crippen LogP contribution in [0.3, 0.4) is 0 Å². The number of fused-ring (bicyclic) bond motifs is 1. The number of hydrogen-bond donors (Lipinski definition) is 0. The van der Waals surface area contributed by atoms with Crippen molar-refractivity contribution >= 4 is 16.9 Å². The van der Waals surface area contributed by atoms with Gasteiger partial charge in [0.15, 0.2) is 5.69 Å². The highest BCUT2D eigenvalue weighted by molar-refractivity contribution is 5.88. The van der Waals surface area contributed by atoms with Crippen LogP contribution >= 0.6 is 0 Å². The van der Waals surface area contributed by atoms with E-state index in [1.54, 1.807) is 10.8 Å². The summed E-state index contributed by atoms with van der Waals surface area (Å²) in [6.45, 7) is 0. The third-order valence-electron chi connectivity index (χ3n) is 2.74. The third-order valence-corrected chi connectivity index (χ3v) is 2.74. The minimum atomic E-state index is -0.475. The largest absolute Gasteiger partial charge is 0.464 e. The van der Waals surface area contributed by atoms with Crippen LogP contribution in [0, 0.1) is 0 Å². The van der Waals surface area contributed by atoms with Crippen molar-refractivity contribution in [2.24, 2.45) is 0 Å². The number of carbonyl (C=O) groups excluding carboxylic acids is 1. The van der Waals surface area contributed by atoms with Crippen LogP contribution in [0.4, 0.5) is 0 Å². The minimum Gasteiger partial charge on any atom is -0.464 e. The highest BCUT2D eigenvalue weighted by Crippen LogP contribution is 2.18. The van der Waals surface area contributed by atoms with Crippen LogP contribution in [-0.4, -0.2) is 32.6 Å². The summed E-state index contributed by atoms with van der Waals surface area (Å²) in [7, 11) is 1.32. The first-order valence-corrected chi connectivity index (χ1v) is 5.62. The van der Waals surface area contributed by atoms with Crippen molar-refractivity contribution in [3.05, 3.63) is 48.8 Å². The van der Waals surface area contributed by atoms with Gasteiger partial charge in [0.1, 0.15) is 18.5 Å². The number of benzene rings is 1. The Morgan fingerprint density at radius 3 is 2.89 bits per heavy atom. The van der Waals surface area contributed by atoms with E-state index in [1.807, 2.05) is 24.3 Å². The Labute approximate surface area is 108 Å². The van der Waals surface area contributed by atoms with Crippen molar-refractivity contribution in [3.63, 3.8) is 0 Å². The van der Waals surface area contributed by atoms with Gasteiger partial charge in [-0.3, -0.25) is 4.57 Å². The standard InChI is InChI=1S/C13H10N4O2/c1-19-13(18)11-6-17(8-16-11)12-9-4-2-3-5-10(9)14-7-15-12/h2-8H,1H3. The van der Waals surface area contributed by atoms with E-state index in [1.165, 1.54) is 19.8 Å². The predicted octanol–water partition coefficient (Wildman–Crippen LogP) is 1.60. The molecule has 6 nitrogen and oxygen atoms in total. The SMILES string of the molecule is COC(=O)c1cn(-c2ncnc3ccccc23)cn1. The first-order valence-electron chi connectivity index (χ1n) is 5.62. The van der Waals surface area contributed by atoms with E-state index in [9.17, 15) is 4.79 Å². The number of esters is 1. The van der Waals surface area contributed by atoms with E-state index >= 15 is 0 Å². The fourth-order valence-electron chi connectivity index (χ4n) is 1.84. The van der Waals surface area contributed by atoms with Gasteiger partial charge in [-0.25, -0.2) is 19.7 Å². The highest BCUT2D eigenvalue weighted by Gasteiger charge is 2.11. The van der Waals surface area contributed by atoms with E-state index in [0.29, 0.717) is 5.82 Å². The maximum atomic E-state index is 11.4. The summed E-state index contributed by atoms with van der Waals surface area (Å²) in [4.78, 5) is 23.8. The number of nitrogens with zero attached hydrogens (tertiary/aromatic N) is 4. The fourth-order valence-corrected chi connectivity index (χ4v) is 1.84. The molecule has 2 aromatic heterocycles. The second-order valence-electron chi connectivity index (χ2n) is 3.87. The van der Waals surface area contributed by atoms with Gasteiger partial charge in [0.2, 0.25) is 0 Å². The van der Waals surface area contributed by atoms with Crippen LogP contribution < -0.4 is 0 Å². The minimum absolute atomic E-state index is 0.241. The van der Waals surface area contributed by atoms with E-state index in [0.717, 1.165) is 10.9 Å². The average Bonchev–Trinajstić information content (AvgIpc) is 2.95. The summed E-state index contributed by atoms with van der Waals surface area (Å²) >= 11 is 0. The van der Waals surface area contributed by atoms with Gasteiger partial charge < -0.3 is 4.74 Å². The monoisotopic (exact) mass is 254 g/mol. The molecule has 3 aromatic rings. The van der Waals surface area contributed by atoms with Crippen LogP contribution in [0.15, 0.2) is 43.1 Å². The van der Waals surface area contributed by atoms with Crippen LogP contribution in [0.2, 0.25) is 0 Å². The molecule has 2 heterocycles. The molecule has 0 atom stereocenters. The van der Waals surface area contributed by atoms with Gasteiger partial charge in [0, 0.05) is 11.6 Å². The summed E-state index contributed by atoms with van der Waals surface area (Å²) in [5.74, 6) is 0.199. The molecule has 3 rings (SSSR count).